The van der Waals surface area contributed by atoms with Gasteiger partial charge >= 0.3 is 0 Å². The predicted molar refractivity (Wildman–Crippen MR) is 62.2 cm³/mol. The zero-order valence-electron chi connectivity index (χ0n) is 8.09. The molecular weight excluding hydrogens is 249 g/mol. The molecule has 1 saturated heterocycles. The van der Waals surface area contributed by atoms with Crippen LogP contribution in [0.25, 0.3) is 6.08 Å². The molecule has 1 aromatic rings. The molecule has 0 aliphatic carbocycles. The Morgan fingerprint density at radius 3 is 2.62 bits per heavy atom. The van der Waals surface area contributed by atoms with E-state index in [4.69, 9.17) is 23.2 Å². The molecule has 1 aliphatic heterocycles. The average Bonchev–Trinajstić information content (AvgIpc) is 2.51. The molecule has 82 valence electrons. The smallest absolute Gasteiger partial charge is 0.254 e. The van der Waals surface area contributed by atoms with Crippen molar-refractivity contribution in [2.75, 3.05) is 0 Å². The Hall–Kier alpha value is -1.32. The minimum Gasteiger partial charge on any atom is -0.292 e. The van der Waals surface area contributed by atoms with Crippen LogP contribution in [0.4, 0.5) is 0 Å². The van der Waals surface area contributed by atoms with E-state index in [1.54, 1.807) is 24.3 Å². The van der Waals surface area contributed by atoms with E-state index < -0.39 is 0 Å². The summed E-state index contributed by atoms with van der Waals surface area (Å²) >= 11 is 11.8. The van der Waals surface area contributed by atoms with E-state index in [2.05, 4.69) is 5.32 Å². The number of amides is 2. The van der Waals surface area contributed by atoms with E-state index in [9.17, 15) is 9.59 Å². The van der Waals surface area contributed by atoms with E-state index in [0.717, 1.165) is 0 Å². The normalized spacial score (nSPS) is 18.0. The molecule has 1 aromatic carbocycles. The molecule has 0 unspecified atom stereocenters. The van der Waals surface area contributed by atoms with Crippen LogP contribution in [-0.4, -0.2) is 11.8 Å². The maximum Gasteiger partial charge on any atom is 0.254 e. The van der Waals surface area contributed by atoms with E-state index in [1.165, 1.54) is 0 Å². The summed E-state index contributed by atoms with van der Waals surface area (Å²) in [7, 11) is 0. The van der Waals surface area contributed by atoms with E-state index in [-0.39, 0.29) is 18.2 Å². The Morgan fingerprint density at radius 1 is 1.25 bits per heavy atom. The van der Waals surface area contributed by atoms with Gasteiger partial charge in [0, 0.05) is 15.6 Å². The van der Waals surface area contributed by atoms with Crippen molar-refractivity contribution in [1.82, 2.24) is 5.32 Å². The second-order valence-electron chi connectivity index (χ2n) is 3.39. The molecule has 1 N–H and O–H groups in total. The summed E-state index contributed by atoms with van der Waals surface area (Å²) in [5, 5.41) is 3.22. The largest absolute Gasteiger partial charge is 0.292 e. The van der Waals surface area contributed by atoms with Crippen LogP contribution >= 0.6 is 23.2 Å². The highest BCUT2D eigenvalue weighted by atomic mass is 35.5. The first kappa shape index (κ1) is 11.2. The highest BCUT2D eigenvalue weighted by Crippen LogP contribution is 2.24. The van der Waals surface area contributed by atoms with Gasteiger partial charge in [-0.25, -0.2) is 0 Å². The molecule has 0 aromatic heterocycles. The number of carbonyl (C=O) groups excluding carboxylic acids is 2. The highest BCUT2D eigenvalue weighted by Gasteiger charge is 2.23. The van der Waals surface area contributed by atoms with Gasteiger partial charge in [0.05, 0.1) is 6.42 Å². The third-order valence-corrected chi connectivity index (χ3v) is 2.76. The van der Waals surface area contributed by atoms with Crippen molar-refractivity contribution < 1.29 is 9.59 Å². The first-order chi connectivity index (χ1) is 7.56. The number of hydrogen-bond donors (Lipinski definition) is 1. The summed E-state index contributed by atoms with van der Waals surface area (Å²) in [6, 6.07) is 4.95. The Labute approximate surface area is 102 Å². The molecule has 0 spiro atoms. The Balaban J connectivity index is 2.39. The molecule has 2 rings (SSSR count). The third-order valence-electron chi connectivity index (χ3n) is 2.18. The molecule has 16 heavy (non-hydrogen) atoms. The van der Waals surface area contributed by atoms with Crippen LogP contribution < -0.4 is 5.32 Å². The predicted octanol–water partition coefficient (Wildman–Crippen LogP) is 2.42. The number of nitrogens with one attached hydrogen (secondary N) is 1. The van der Waals surface area contributed by atoms with Gasteiger partial charge in [0.1, 0.15) is 0 Å². The van der Waals surface area contributed by atoms with Gasteiger partial charge in [-0.05, 0) is 29.8 Å². The number of imide groups is 1. The Bertz CT molecular complexity index is 509. The zero-order chi connectivity index (χ0) is 11.7. The number of hydrogen-bond acceptors (Lipinski definition) is 2. The summed E-state index contributed by atoms with van der Waals surface area (Å²) in [5.74, 6) is -0.671. The van der Waals surface area contributed by atoms with Crippen molar-refractivity contribution in [3.05, 3.63) is 39.4 Å². The molecule has 1 heterocycles. The van der Waals surface area contributed by atoms with Gasteiger partial charge < -0.3 is 0 Å². The molecule has 0 bridgehead atoms. The molecule has 0 radical (unpaired) electrons. The number of halogens is 2. The van der Waals surface area contributed by atoms with Gasteiger partial charge in [-0.1, -0.05) is 23.2 Å². The third kappa shape index (κ3) is 2.26. The monoisotopic (exact) mass is 255 g/mol. The maximum atomic E-state index is 11.3. The van der Waals surface area contributed by atoms with Crippen molar-refractivity contribution in [1.29, 1.82) is 0 Å². The minimum atomic E-state index is -0.374. The van der Waals surface area contributed by atoms with Gasteiger partial charge in [-0.3, -0.25) is 14.9 Å². The van der Waals surface area contributed by atoms with Gasteiger partial charge in [-0.15, -0.1) is 0 Å². The summed E-state index contributed by atoms with van der Waals surface area (Å²) < 4.78 is 0. The molecule has 1 aliphatic rings. The van der Waals surface area contributed by atoms with Crippen molar-refractivity contribution in [3.8, 4) is 0 Å². The maximum absolute atomic E-state index is 11.3. The SMILES string of the molecule is O=C1C/C(=C/c2cc(Cl)ccc2Cl)C(=O)N1. The van der Waals surface area contributed by atoms with Gasteiger partial charge in [0.15, 0.2) is 0 Å². The lowest BCUT2D eigenvalue weighted by Crippen LogP contribution is -2.19. The van der Waals surface area contributed by atoms with Gasteiger partial charge in [0.25, 0.3) is 5.91 Å². The summed E-state index contributed by atoms with van der Waals surface area (Å²) in [6.07, 6.45) is 1.66. The molecule has 0 saturated carbocycles. The summed E-state index contributed by atoms with van der Waals surface area (Å²) in [5.41, 5.74) is 1.03. The van der Waals surface area contributed by atoms with E-state index in [1.807, 2.05) is 0 Å². The number of carbonyl (C=O) groups is 2. The molecule has 5 heteroatoms. The van der Waals surface area contributed by atoms with Crippen LogP contribution in [0.5, 0.6) is 0 Å². The highest BCUT2D eigenvalue weighted by molar-refractivity contribution is 6.34. The van der Waals surface area contributed by atoms with Crippen molar-refractivity contribution in [2.45, 2.75) is 6.42 Å². The first-order valence-electron chi connectivity index (χ1n) is 4.56. The Morgan fingerprint density at radius 2 is 2.00 bits per heavy atom. The molecule has 0 atom stereocenters. The number of rotatable bonds is 1. The van der Waals surface area contributed by atoms with Crippen LogP contribution in [0.1, 0.15) is 12.0 Å². The molecule has 2 amide bonds. The molecule has 1 fully saturated rings. The molecular formula is C11H7Cl2NO2. The fourth-order valence-electron chi connectivity index (χ4n) is 1.43. The minimum absolute atomic E-state index is 0.0850. The van der Waals surface area contributed by atoms with E-state index in [0.29, 0.717) is 21.2 Å². The second kappa shape index (κ2) is 4.28. The lowest BCUT2D eigenvalue weighted by Gasteiger charge is -1.99. The topological polar surface area (TPSA) is 46.2 Å². The fraction of sp³-hybridized carbons (Fsp3) is 0.0909. The summed E-state index contributed by atoms with van der Waals surface area (Å²) in [6.45, 7) is 0. The van der Waals surface area contributed by atoms with Crippen molar-refractivity contribution >= 4 is 41.1 Å². The quantitative estimate of drug-likeness (QED) is 0.619. The van der Waals surface area contributed by atoms with Crippen LogP contribution in [0, 0.1) is 0 Å². The lowest BCUT2D eigenvalue weighted by molar-refractivity contribution is -0.124. The average molecular weight is 256 g/mol. The standard InChI is InChI=1S/C11H7Cl2NO2/c12-8-1-2-9(13)6(4-8)3-7-5-10(15)14-11(7)16/h1-4H,5H2,(H,14,15,16)/b7-3-. The van der Waals surface area contributed by atoms with Crippen molar-refractivity contribution in [3.63, 3.8) is 0 Å². The van der Waals surface area contributed by atoms with Gasteiger partial charge in [-0.2, -0.15) is 0 Å². The van der Waals surface area contributed by atoms with Crippen LogP contribution in [0.15, 0.2) is 23.8 Å². The summed E-state index contributed by atoms with van der Waals surface area (Å²) in [4.78, 5) is 22.3. The van der Waals surface area contributed by atoms with Crippen molar-refractivity contribution in [2.24, 2.45) is 0 Å². The number of benzene rings is 1. The second-order valence-corrected chi connectivity index (χ2v) is 4.23. The lowest BCUT2D eigenvalue weighted by atomic mass is 10.1. The van der Waals surface area contributed by atoms with Gasteiger partial charge in [0.2, 0.25) is 5.91 Å². The zero-order valence-corrected chi connectivity index (χ0v) is 9.60. The Kier molecular flexibility index (Phi) is 2.99. The molecule has 3 nitrogen and oxygen atoms in total. The first-order valence-corrected chi connectivity index (χ1v) is 5.31. The van der Waals surface area contributed by atoms with Crippen LogP contribution in [-0.2, 0) is 9.59 Å². The van der Waals surface area contributed by atoms with E-state index >= 15 is 0 Å². The van der Waals surface area contributed by atoms with Crippen LogP contribution in [0.2, 0.25) is 10.0 Å². The fourth-order valence-corrected chi connectivity index (χ4v) is 1.79. The van der Waals surface area contributed by atoms with Crippen LogP contribution in [0.3, 0.4) is 0 Å².